The minimum Gasteiger partial charge on any atom is -0.412 e. The summed E-state index contributed by atoms with van der Waals surface area (Å²) in [6, 6.07) is 7.07. The first-order valence-corrected chi connectivity index (χ1v) is 26.3. The zero-order chi connectivity index (χ0) is 44.2. The Morgan fingerprint density at radius 1 is 0.250 bits per heavy atom. The summed E-state index contributed by atoms with van der Waals surface area (Å²) in [6.07, 6.45) is 9.16. The van der Waals surface area contributed by atoms with Gasteiger partial charge in [-0.05, 0) is 142 Å². The van der Waals surface area contributed by atoms with E-state index in [0.29, 0.717) is 0 Å². The Bertz CT molecular complexity index is 1080. The lowest BCUT2D eigenvalue weighted by Crippen LogP contribution is -2.49. The monoisotopic (exact) mass is 1610 g/mol. The van der Waals surface area contributed by atoms with Gasteiger partial charge in [-0.1, -0.05) is 6.07 Å². The van der Waals surface area contributed by atoms with Gasteiger partial charge in [-0.25, -0.2) is 0 Å². The van der Waals surface area contributed by atoms with Crippen LogP contribution in [0.5, 0.6) is 0 Å². The van der Waals surface area contributed by atoms with E-state index in [-0.39, 0.29) is 170 Å². The van der Waals surface area contributed by atoms with Gasteiger partial charge >= 0.3 is 0 Å². The number of nitrogens with one attached hydrogen (secondary N) is 12. The number of aromatic nitrogens is 1. The van der Waals surface area contributed by atoms with Crippen LogP contribution in [0.2, 0.25) is 0 Å². The molecular formula is C47H113Br8N17O4. The average molecular weight is 1620 g/mol. The molecule has 0 unspecified atom stereocenters. The van der Waals surface area contributed by atoms with Gasteiger partial charge in [-0.3, -0.25) is 24.6 Å². The highest BCUT2D eigenvalue weighted by Gasteiger charge is 2.32. The Labute approximate surface area is 544 Å². The van der Waals surface area contributed by atoms with Gasteiger partial charge in [0.1, 0.15) is 12.3 Å². The minimum atomic E-state index is 0. The molecule has 0 aromatic carbocycles. The van der Waals surface area contributed by atoms with Gasteiger partial charge in [0, 0.05) is 131 Å². The van der Waals surface area contributed by atoms with Gasteiger partial charge in [-0.2, -0.15) is 0 Å². The molecule has 0 amide bonds. The van der Waals surface area contributed by atoms with Crippen LogP contribution in [-0.4, -0.2) is 256 Å². The SMILES string of the molecule is Br.Br.Br.Br.Br.Br.Br.Br.O.O.O.O.c1cc(C(N2CCCNCCNCCCNCC2)N2CCCNCCNCCCNCC2)nc(C(N2CCCNCCNCCCNCC2)N2CCCNCCNCCCNCC2)c1. The van der Waals surface area contributed by atoms with Crippen LogP contribution in [0.3, 0.4) is 0 Å². The second kappa shape index (κ2) is 66.3. The topological polar surface area (TPSA) is 296 Å². The molecule has 0 atom stereocenters. The maximum atomic E-state index is 5.96. The Balaban J connectivity index is -0.000000642. The Hall–Kier alpha value is 2.19. The summed E-state index contributed by atoms with van der Waals surface area (Å²) in [6.45, 7) is 32.6. The predicted molar refractivity (Wildman–Crippen MR) is 364 cm³/mol. The molecule has 1 aromatic heterocycles. The van der Waals surface area contributed by atoms with Crippen LogP contribution in [0.15, 0.2) is 18.2 Å². The molecule has 5 rings (SSSR count). The molecule has 0 bridgehead atoms. The smallest absolute Gasteiger partial charge is 0.106 e. The van der Waals surface area contributed by atoms with E-state index in [1.807, 2.05) is 0 Å². The molecule has 76 heavy (non-hydrogen) atoms. The lowest BCUT2D eigenvalue weighted by Gasteiger charge is -2.42. The summed E-state index contributed by atoms with van der Waals surface area (Å²) in [7, 11) is 0. The lowest BCUT2D eigenvalue weighted by atomic mass is 10.1. The molecular weight excluding hydrogens is 1510 g/mol. The van der Waals surface area contributed by atoms with Crippen molar-refractivity contribution in [2.45, 2.75) is 63.7 Å². The van der Waals surface area contributed by atoms with Crippen molar-refractivity contribution in [3.63, 3.8) is 0 Å². The quantitative estimate of drug-likeness (QED) is 0.177. The van der Waals surface area contributed by atoms with Crippen molar-refractivity contribution in [2.75, 3.05) is 209 Å². The van der Waals surface area contributed by atoms with Crippen molar-refractivity contribution in [1.29, 1.82) is 0 Å². The molecule has 4 aliphatic rings. The third kappa shape index (κ3) is 42.9. The molecule has 0 radical (unpaired) electrons. The highest BCUT2D eigenvalue weighted by Crippen LogP contribution is 2.29. The summed E-state index contributed by atoms with van der Waals surface area (Å²) in [5.74, 6) is 0. The van der Waals surface area contributed by atoms with Crippen molar-refractivity contribution in [2.24, 2.45) is 0 Å². The van der Waals surface area contributed by atoms with Gasteiger partial charge < -0.3 is 85.7 Å². The third-order valence-electron chi connectivity index (χ3n) is 12.9. The number of nitrogens with zero attached hydrogens (tertiary/aromatic N) is 5. The first-order chi connectivity index (χ1) is 31.9. The fourth-order valence-corrected chi connectivity index (χ4v) is 9.47. The van der Waals surface area contributed by atoms with E-state index in [1.54, 1.807) is 0 Å². The molecule has 20 N–H and O–H groups in total. The minimum absolute atomic E-state index is 0. The van der Waals surface area contributed by atoms with Gasteiger partial charge in [0.05, 0.1) is 11.4 Å². The van der Waals surface area contributed by atoms with Crippen molar-refractivity contribution in [1.82, 2.24) is 88.4 Å². The van der Waals surface area contributed by atoms with Crippen LogP contribution >= 0.6 is 136 Å². The Morgan fingerprint density at radius 2 is 0.434 bits per heavy atom. The summed E-state index contributed by atoms with van der Waals surface area (Å²) < 4.78 is 0. The predicted octanol–water partition coefficient (Wildman–Crippen LogP) is -0.138. The van der Waals surface area contributed by atoms with Crippen LogP contribution in [0.25, 0.3) is 0 Å². The average Bonchev–Trinajstić information content (AvgIpc) is 3.31. The first-order valence-electron chi connectivity index (χ1n) is 26.3. The molecule has 5 heterocycles. The van der Waals surface area contributed by atoms with Crippen molar-refractivity contribution in [3.8, 4) is 0 Å². The number of halogens is 8. The van der Waals surface area contributed by atoms with E-state index in [9.17, 15) is 0 Å². The van der Waals surface area contributed by atoms with E-state index < -0.39 is 0 Å². The fraction of sp³-hybridized carbons (Fsp3) is 0.894. The van der Waals surface area contributed by atoms with Crippen LogP contribution in [-0.2, 0) is 0 Å². The van der Waals surface area contributed by atoms with Crippen LogP contribution in [0, 0.1) is 0 Å². The Kier molecular flexibility index (Phi) is 82.5. The van der Waals surface area contributed by atoms with Crippen LogP contribution in [0.4, 0.5) is 0 Å². The fourth-order valence-electron chi connectivity index (χ4n) is 9.47. The molecule has 1 aromatic rings. The van der Waals surface area contributed by atoms with Crippen molar-refractivity contribution < 1.29 is 21.9 Å². The van der Waals surface area contributed by atoms with Gasteiger partial charge in [0.25, 0.3) is 0 Å². The molecule has 4 fully saturated rings. The van der Waals surface area contributed by atoms with E-state index in [0.717, 1.165) is 261 Å². The van der Waals surface area contributed by atoms with E-state index in [4.69, 9.17) is 4.98 Å². The molecule has 4 aliphatic heterocycles. The van der Waals surface area contributed by atoms with Gasteiger partial charge in [-0.15, -0.1) is 136 Å². The highest BCUT2D eigenvalue weighted by molar-refractivity contribution is 8.93. The third-order valence-corrected chi connectivity index (χ3v) is 12.9. The number of rotatable bonds is 6. The summed E-state index contributed by atoms with van der Waals surface area (Å²) >= 11 is 0. The van der Waals surface area contributed by atoms with Crippen LogP contribution in [0.1, 0.15) is 75.1 Å². The standard InChI is InChI=1S/C47H97N17.8BrH.4H2O/c1-10-44(46(61-36-6-20-52-28-24-48-12-2-16-56-32-40-61)62-37-7-21-53-29-25-49-13-3-17-57-33-41-62)60-45(11-1)47(63-38-8-22-54-30-26-50-14-4-18-58-34-42-63)64-39-9-23-55-31-27-51-15-5-19-59-35-43-64;;;;;;;;;;;;/h1,10-11,46-59H,2-9,12-43H2;8*1H;4*1H2. The second-order valence-corrected chi connectivity index (χ2v) is 18.2. The van der Waals surface area contributed by atoms with Crippen molar-refractivity contribution >= 4 is 136 Å². The molecule has 0 saturated carbocycles. The summed E-state index contributed by atoms with van der Waals surface area (Å²) in [4.78, 5) is 17.1. The molecule has 0 spiro atoms. The number of hydrogen-bond donors (Lipinski definition) is 12. The Morgan fingerprint density at radius 3 is 0.645 bits per heavy atom. The zero-order valence-corrected chi connectivity index (χ0v) is 59.4. The highest BCUT2D eigenvalue weighted by atomic mass is 79.9. The molecule has 29 heteroatoms. The molecule has 0 aliphatic carbocycles. The van der Waals surface area contributed by atoms with Crippen molar-refractivity contribution in [3.05, 3.63) is 29.6 Å². The lowest BCUT2D eigenvalue weighted by molar-refractivity contribution is 0.0288. The normalized spacial score (nSPS) is 20.9. The van der Waals surface area contributed by atoms with Gasteiger partial charge in [0.2, 0.25) is 0 Å². The van der Waals surface area contributed by atoms with Crippen LogP contribution < -0.4 is 63.8 Å². The maximum absolute atomic E-state index is 5.96. The molecule has 4 saturated heterocycles. The second-order valence-electron chi connectivity index (χ2n) is 18.2. The zero-order valence-electron chi connectivity index (χ0n) is 45.7. The molecule has 21 nitrogen and oxygen atoms in total. The number of hydrogen-bond acceptors (Lipinski definition) is 17. The maximum Gasteiger partial charge on any atom is 0.106 e. The van der Waals surface area contributed by atoms with E-state index in [1.165, 1.54) is 11.4 Å². The summed E-state index contributed by atoms with van der Waals surface area (Å²) in [5.41, 5.74) is 2.39. The van der Waals surface area contributed by atoms with E-state index in [2.05, 4.69) is 102 Å². The van der Waals surface area contributed by atoms with Gasteiger partial charge in [0.15, 0.2) is 0 Å². The summed E-state index contributed by atoms with van der Waals surface area (Å²) in [5, 5.41) is 44.7. The first kappa shape index (κ1) is 94.6. The molecule has 466 valence electrons. The number of pyridine rings is 1. The van der Waals surface area contributed by atoms with E-state index >= 15 is 0 Å². The largest absolute Gasteiger partial charge is 0.412 e.